The van der Waals surface area contributed by atoms with Crippen LogP contribution in [0.3, 0.4) is 0 Å². The standard InChI is InChI=1S/C14H14N2O3/c1-9-15-8-11(7-13(17)18)14(16-9)10-3-5-12(19-2)6-4-10/h3-6,8H,7H2,1-2H3,(H,17,18). The molecule has 0 fully saturated rings. The molecule has 0 spiro atoms. The van der Waals surface area contributed by atoms with Crippen molar-refractivity contribution >= 4 is 5.97 Å². The molecule has 0 aliphatic rings. The fourth-order valence-electron chi connectivity index (χ4n) is 1.79. The van der Waals surface area contributed by atoms with Crippen molar-refractivity contribution in [3.63, 3.8) is 0 Å². The van der Waals surface area contributed by atoms with Gasteiger partial charge in [0.15, 0.2) is 0 Å². The van der Waals surface area contributed by atoms with Gasteiger partial charge >= 0.3 is 5.97 Å². The number of hydrogen-bond donors (Lipinski definition) is 1. The van der Waals surface area contributed by atoms with E-state index in [-0.39, 0.29) is 6.42 Å². The first-order chi connectivity index (χ1) is 9.10. The summed E-state index contributed by atoms with van der Waals surface area (Å²) in [5, 5.41) is 8.91. The maximum absolute atomic E-state index is 10.9. The van der Waals surface area contributed by atoms with Gasteiger partial charge in [-0.2, -0.15) is 0 Å². The number of nitrogens with zero attached hydrogens (tertiary/aromatic N) is 2. The van der Waals surface area contributed by atoms with Gasteiger partial charge in [0.05, 0.1) is 19.2 Å². The Bertz CT molecular complexity index is 594. The van der Waals surface area contributed by atoms with Crippen LogP contribution < -0.4 is 4.74 Å². The van der Waals surface area contributed by atoms with Gasteiger partial charge in [-0.3, -0.25) is 4.79 Å². The molecule has 5 nitrogen and oxygen atoms in total. The van der Waals surface area contributed by atoms with E-state index in [1.807, 2.05) is 24.3 Å². The Morgan fingerprint density at radius 2 is 2.00 bits per heavy atom. The molecule has 0 unspecified atom stereocenters. The van der Waals surface area contributed by atoms with Crippen LogP contribution in [0.5, 0.6) is 5.75 Å². The van der Waals surface area contributed by atoms with Crippen molar-refractivity contribution in [3.05, 3.63) is 41.9 Å². The van der Waals surface area contributed by atoms with Crippen LogP contribution in [-0.4, -0.2) is 28.2 Å². The number of carbonyl (C=O) groups is 1. The first-order valence-corrected chi connectivity index (χ1v) is 5.79. The zero-order chi connectivity index (χ0) is 13.8. The van der Waals surface area contributed by atoms with Gasteiger partial charge in [-0.1, -0.05) is 0 Å². The SMILES string of the molecule is COc1ccc(-c2nc(C)ncc2CC(=O)O)cc1. The number of benzene rings is 1. The molecule has 0 aliphatic heterocycles. The van der Waals surface area contributed by atoms with E-state index in [0.29, 0.717) is 17.1 Å². The van der Waals surface area contributed by atoms with Crippen molar-refractivity contribution < 1.29 is 14.6 Å². The van der Waals surface area contributed by atoms with E-state index in [1.54, 1.807) is 20.2 Å². The smallest absolute Gasteiger partial charge is 0.307 e. The van der Waals surface area contributed by atoms with Crippen molar-refractivity contribution in [1.82, 2.24) is 9.97 Å². The predicted molar refractivity (Wildman–Crippen MR) is 70.1 cm³/mol. The van der Waals surface area contributed by atoms with E-state index >= 15 is 0 Å². The summed E-state index contributed by atoms with van der Waals surface area (Å²) in [6.07, 6.45) is 1.47. The zero-order valence-corrected chi connectivity index (χ0v) is 10.8. The average Bonchev–Trinajstić information content (AvgIpc) is 2.40. The second kappa shape index (κ2) is 5.48. The van der Waals surface area contributed by atoms with Crippen LogP contribution in [0.2, 0.25) is 0 Å². The Morgan fingerprint density at radius 3 is 2.58 bits per heavy atom. The minimum atomic E-state index is -0.901. The quantitative estimate of drug-likeness (QED) is 0.909. The Hall–Kier alpha value is -2.43. The number of aryl methyl sites for hydroxylation is 1. The molecule has 98 valence electrons. The number of carboxylic acid groups (broad SMARTS) is 1. The Balaban J connectivity index is 2.46. The van der Waals surface area contributed by atoms with Gasteiger partial charge in [0, 0.05) is 17.3 Å². The Morgan fingerprint density at radius 1 is 1.32 bits per heavy atom. The van der Waals surface area contributed by atoms with E-state index in [0.717, 1.165) is 11.3 Å². The van der Waals surface area contributed by atoms with Gasteiger partial charge in [-0.25, -0.2) is 9.97 Å². The van der Waals surface area contributed by atoms with Crippen LogP contribution in [0, 0.1) is 6.92 Å². The molecule has 1 heterocycles. The molecular formula is C14H14N2O3. The highest BCUT2D eigenvalue weighted by Gasteiger charge is 2.11. The second-order valence-electron chi connectivity index (χ2n) is 4.09. The fourth-order valence-corrected chi connectivity index (χ4v) is 1.79. The van der Waals surface area contributed by atoms with Crippen molar-refractivity contribution in [3.8, 4) is 17.0 Å². The van der Waals surface area contributed by atoms with Crippen LogP contribution in [0.1, 0.15) is 11.4 Å². The lowest BCUT2D eigenvalue weighted by molar-refractivity contribution is -0.136. The molecule has 1 N–H and O–H groups in total. The van der Waals surface area contributed by atoms with Crippen LogP contribution in [-0.2, 0) is 11.2 Å². The molecule has 19 heavy (non-hydrogen) atoms. The number of aliphatic carboxylic acids is 1. The van der Waals surface area contributed by atoms with E-state index in [2.05, 4.69) is 9.97 Å². The maximum Gasteiger partial charge on any atom is 0.307 e. The highest BCUT2D eigenvalue weighted by molar-refractivity contribution is 5.74. The van der Waals surface area contributed by atoms with E-state index in [4.69, 9.17) is 9.84 Å². The molecule has 2 rings (SSSR count). The zero-order valence-electron chi connectivity index (χ0n) is 10.8. The van der Waals surface area contributed by atoms with Gasteiger partial charge < -0.3 is 9.84 Å². The topological polar surface area (TPSA) is 72.3 Å². The summed E-state index contributed by atoms with van der Waals surface area (Å²) in [7, 11) is 1.60. The second-order valence-corrected chi connectivity index (χ2v) is 4.09. The van der Waals surface area contributed by atoms with E-state index < -0.39 is 5.97 Å². The Kier molecular flexibility index (Phi) is 3.75. The number of aromatic nitrogens is 2. The Labute approximate surface area is 110 Å². The van der Waals surface area contributed by atoms with Crippen LogP contribution in [0.25, 0.3) is 11.3 Å². The monoisotopic (exact) mass is 258 g/mol. The number of methoxy groups -OCH3 is 1. The molecule has 5 heteroatoms. The van der Waals surface area contributed by atoms with Crippen molar-refractivity contribution in [2.75, 3.05) is 7.11 Å². The molecule has 0 amide bonds. The average molecular weight is 258 g/mol. The molecule has 0 aliphatic carbocycles. The lowest BCUT2D eigenvalue weighted by Crippen LogP contribution is -2.05. The first kappa shape index (κ1) is 13.0. The largest absolute Gasteiger partial charge is 0.497 e. The third kappa shape index (κ3) is 3.07. The highest BCUT2D eigenvalue weighted by Crippen LogP contribution is 2.24. The summed E-state index contributed by atoms with van der Waals surface area (Å²) in [5.41, 5.74) is 2.10. The first-order valence-electron chi connectivity index (χ1n) is 5.79. The number of rotatable bonds is 4. The molecule has 1 aromatic heterocycles. The molecule has 0 saturated carbocycles. The minimum Gasteiger partial charge on any atom is -0.497 e. The van der Waals surface area contributed by atoms with Crippen molar-refractivity contribution in [1.29, 1.82) is 0 Å². The third-order valence-electron chi connectivity index (χ3n) is 2.69. The molecule has 0 saturated heterocycles. The molecule has 0 radical (unpaired) electrons. The maximum atomic E-state index is 10.9. The number of ether oxygens (including phenoxy) is 1. The van der Waals surface area contributed by atoms with Crippen LogP contribution >= 0.6 is 0 Å². The third-order valence-corrected chi connectivity index (χ3v) is 2.69. The summed E-state index contributed by atoms with van der Waals surface area (Å²) in [6, 6.07) is 7.34. The summed E-state index contributed by atoms with van der Waals surface area (Å²) in [4.78, 5) is 19.3. The lowest BCUT2D eigenvalue weighted by Gasteiger charge is -2.08. The van der Waals surface area contributed by atoms with Gasteiger partial charge in [0.1, 0.15) is 11.6 Å². The van der Waals surface area contributed by atoms with Gasteiger partial charge in [0.2, 0.25) is 0 Å². The summed E-state index contributed by atoms with van der Waals surface area (Å²) < 4.78 is 5.10. The van der Waals surface area contributed by atoms with E-state index in [1.165, 1.54) is 0 Å². The number of carboxylic acids is 1. The lowest BCUT2D eigenvalue weighted by atomic mass is 10.0. The highest BCUT2D eigenvalue weighted by atomic mass is 16.5. The van der Waals surface area contributed by atoms with Gasteiger partial charge in [-0.05, 0) is 31.2 Å². The van der Waals surface area contributed by atoms with Crippen molar-refractivity contribution in [2.24, 2.45) is 0 Å². The van der Waals surface area contributed by atoms with Gasteiger partial charge in [-0.15, -0.1) is 0 Å². The van der Waals surface area contributed by atoms with Gasteiger partial charge in [0.25, 0.3) is 0 Å². The minimum absolute atomic E-state index is 0.0956. The van der Waals surface area contributed by atoms with Crippen LogP contribution in [0.15, 0.2) is 30.5 Å². The van der Waals surface area contributed by atoms with Crippen LogP contribution in [0.4, 0.5) is 0 Å². The fraction of sp³-hybridized carbons (Fsp3) is 0.214. The summed E-state index contributed by atoms with van der Waals surface area (Å²) in [5.74, 6) is 0.455. The normalized spacial score (nSPS) is 10.2. The summed E-state index contributed by atoms with van der Waals surface area (Å²) in [6.45, 7) is 1.78. The molecule has 1 aromatic carbocycles. The van der Waals surface area contributed by atoms with E-state index in [9.17, 15) is 4.79 Å². The molecule has 0 atom stereocenters. The molecule has 0 bridgehead atoms. The number of hydrogen-bond acceptors (Lipinski definition) is 4. The van der Waals surface area contributed by atoms with Crippen molar-refractivity contribution in [2.45, 2.75) is 13.3 Å². The molecule has 2 aromatic rings. The summed E-state index contributed by atoms with van der Waals surface area (Å²) >= 11 is 0. The predicted octanol–water partition coefficient (Wildman–Crippen LogP) is 2.09. The molecular weight excluding hydrogens is 244 g/mol.